The topological polar surface area (TPSA) is 18.5 Å². The van der Waals surface area contributed by atoms with Gasteiger partial charge in [0, 0.05) is 13.2 Å². The van der Waals surface area contributed by atoms with Crippen molar-refractivity contribution in [3.05, 3.63) is 0 Å². The summed E-state index contributed by atoms with van der Waals surface area (Å²) in [5, 5.41) is 0. The summed E-state index contributed by atoms with van der Waals surface area (Å²) < 4.78 is 6.32. The van der Waals surface area contributed by atoms with Crippen molar-refractivity contribution >= 4 is 69.6 Å². The number of rotatable bonds is 4. The Kier molecular flexibility index (Phi) is 6.68. The van der Waals surface area contributed by atoms with Crippen LogP contribution in [0, 0.1) is 0 Å². The molecule has 0 radical (unpaired) electrons. The van der Waals surface area contributed by atoms with Crippen LogP contribution < -0.4 is 0 Å². The zero-order valence-electron chi connectivity index (χ0n) is 8.00. The maximum atomic E-state index is 5.73. The summed E-state index contributed by atoms with van der Waals surface area (Å²) in [6, 6.07) is 0. The van der Waals surface area contributed by atoms with Crippen molar-refractivity contribution < 1.29 is 9.47 Å². The molecule has 0 saturated heterocycles. The number of alkyl halides is 6. The average Bonchev–Trinajstić information content (AvgIpc) is 1.99. The van der Waals surface area contributed by atoms with E-state index in [0.717, 1.165) is 0 Å². The quantitative estimate of drug-likeness (QED) is 0.555. The Morgan fingerprint density at radius 2 is 1.00 bits per heavy atom. The second-order valence-corrected chi connectivity index (χ2v) is 7.04. The predicted molar refractivity (Wildman–Crippen MR) is 66.6 cm³/mol. The molecule has 0 aliphatic carbocycles. The van der Waals surface area contributed by atoms with Crippen LogP contribution in [-0.2, 0) is 9.47 Å². The zero-order valence-corrected chi connectivity index (χ0v) is 12.5. The van der Waals surface area contributed by atoms with Crippen LogP contribution in [0.3, 0.4) is 0 Å². The minimum atomic E-state index is -2.02. The summed E-state index contributed by atoms with van der Waals surface area (Å²) in [5.41, 5.74) is 0. The van der Waals surface area contributed by atoms with Gasteiger partial charge in [0.15, 0.2) is 0 Å². The van der Waals surface area contributed by atoms with Gasteiger partial charge in [-0.25, -0.2) is 0 Å². The van der Waals surface area contributed by atoms with E-state index < -0.39 is 13.4 Å². The van der Waals surface area contributed by atoms with Crippen molar-refractivity contribution in [2.24, 2.45) is 0 Å². The Bertz CT molecular complexity index is 175. The van der Waals surface area contributed by atoms with Gasteiger partial charge in [-0.05, 0) is 13.8 Å². The van der Waals surface area contributed by atoms with Gasteiger partial charge in [0.25, 0.3) is 5.79 Å². The van der Waals surface area contributed by atoms with Gasteiger partial charge >= 0.3 is 0 Å². The number of hydrogen-bond donors (Lipinski definition) is 0. The summed E-state index contributed by atoms with van der Waals surface area (Å²) in [4.78, 5) is 0. The van der Waals surface area contributed by atoms with Crippen molar-refractivity contribution in [1.82, 2.24) is 0 Å². The maximum Gasteiger partial charge on any atom is 0.265 e. The molecule has 0 aliphatic heterocycles. The van der Waals surface area contributed by atoms with E-state index in [-0.39, 0.29) is 13.2 Å². The predicted octanol–water partition coefficient (Wildman–Crippen LogP) is 4.50. The largest absolute Gasteiger partial charge is 0.343 e. The van der Waals surface area contributed by atoms with Gasteiger partial charge in [0.05, 0.1) is 0 Å². The summed E-state index contributed by atoms with van der Waals surface area (Å²) >= 11 is 34.4. The van der Waals surface area contributed by atoms with E-state index in [9.17, 15) is 0 Å². The monoisotopic (exact) mass is 336 g/mol. The van der Waals surface area contributed by atoms with E-state index in [0.29, 0.717) is 0 Å². The molecular weight excluding hydrogens is 329 g/mol. The van der Waals surface area contributed by atoms with Crippen molar-refractivity contribution in [3.63, 3.8) is 0 Å². The third-order valence-corrected chi connectivity index (χ3v) is 2.93. The van der Waals surface area contributed by atoms with Gasteiger partial charge in [-0.2, -0.15) is 0 Å². The fourth-order valence-corrected chi connectivity index (χ4v) is 2.88. The minimum Gasteiger partial charge on any atom is -0.343 e. The lowest BCUT2D eigenvalue weighted by Gasteiger charge is -2.42. The Morgan fingerprint density at radius 3 is 1.13 bits per heavy atom. The maximum absolute atomic E-state index is 5.73. The van der Waals surface area contributed by atoms with E-state index in [2.05, 4.69) is 0 Å². The molecule has 0 fully saturated rings. The normalized spacial score (nSPS) is 14.4. The van der Waals surface area contributed by atoms with E-state index in [4.69, 9.17) is 79.1 Å². The molecule has 0 atom stereocenters. The minimum absolute atomic E-state index is 0.168. The van der Waals surface area contributed by atoms with E-state index in [1.165, 1.54) is 0 Å². The Hall–Kier alpha value is 1.66. The molecule has 15 heavy (non-hydrogen) atoms. The van der Waals surface area contributed by atoms with Crippen LogP contribution in [0.2, 0.25) is 0 Å². The Labute approximate surface area is 119 Å². The van der Waals surface area contributed by atoms with Gasteiger partial charge < -0.3 is 9.47 Å². The lowest BCUT2D eigenvalue weighted by atomic mass is 10.3. The van der Waals surface area contributed by atoms with Gasteiger partial charge in [0.1, 0.15) is 0 Å². The number of hydrogen-bond acceptors (Lipinski definition) is 2. The molecule has 0 rings (SSSR count). The van der Waals surface area contributed by atoms with Crippen LogP contribution in [0.5, 0.6) is 0 Å². The molecular formula is C7H10Cl6O2. The van der Waals surface area contributed by atoms with Crippen LogP contribution in [0.4, 0.5) is 0 Å². The molecule has 0 aliphatic rings. The Balaban J connectivity index is 5.28. The second-order valence-electron chi connectivity index (χ2n) is 2.48. The molecule has 0 bridgehead atoms. The first kappa shape index (κ1) is 16.7. The van der Waals surface area contributed by atoms with Crippen molar-refractivity contribution in [2.45, 2.75) is 27.2 Å². The summed E-state index contributed by atoms with van der Waals surface area (Å²) in [5.74, 6) is -1.93. The first-order valence-electron chi connectivity index (χ1n) is 4.03. The van der Waals surface area contributed by atoms with Crippen LogP contribution >= 0.6 is 69.6 Å². The van der Waals surface area contributed by atoms with Crippen LogP contribution in [0.1, 0.15) is 13.8 Å². The molecule has 0 amide bonds. The van der Waals surface area contributed by atoms with Crippen molar-refractivity contribution in [2.75, 3.05) is 13.2 Å². The molecule has 0 unspecified atom stereocenters. The van der Waals surface area contributed by atoms with Gasteiger partial charge in [-0.1, -0.05) is 69.6 Å². The lowest BCUT2D eigenvalue weighted by molar-refractivity contribution is -0.227. The highest BCUT2D eigenvalue weighted by Gasteiger charge is 2.64. The standard InChI is InChI=1S/C7H10Cl6O2/c1-3-14-5(15-4-2,6(8,9)10)7(11,12)13/h3-4H2,1-2H3. The molecule has 0 heterocycles. The zero-order chi connectivity index (χ0) is 12.3. The highest BCUT2D eigenvalue weighted by atomic mass is 35.6. The smallest absolute Gasteiger partial charge is 0.265 e. The highest BCUT2D eigenvalue weighted by Crippen LogP contribution is 2.54. The molecule has 0 aromatic carbocycles. The van der Waals surface area contributed by atoms with Gasteiger partial charge in [0.2, 0.25) is 7.59 Å². The van der Waals surface area contributed by atoms with E-state index in [1.807, 2.05) is 0 Å². The molecule has 0 aromatic rings. The summed E-state index contributed by atoms with van der Waals surface area (Å²) in [6.45, 7) is 3.67. The molecule has 0 spiro atoms. The van der Waals surface area contributed by atoms with Crippen LogP contribution in [-0.4, -0.2) is 26.6 Å². The third-order valence-electron chi connectivity index (χ3n) is 1.44. The molecule has 0 N–H and O–H groups in total. The molecule has 92 valence electrons. The van der Waals surface area contributed by atoms with E-state index in [1.54, 1.807) is 13.8 Å². The molecule has 0 aromatic heterocycles. The first-order chi connectivity index (χ1) is 6.62. The van der Waals surface area contributed by atoms with Crippen molar-refractivity contribution in [1.29, 1.82) is 0 Å². The fourth-order valence-electron chi connectivity index (χ4n) is 0.936. The van der Waals surface area contributed by atoms with Crippen molar-refractivity contribution in [3.8, 4) is 0 Å². The van der Waals surface area contributed by atoms with Crippen LogP contribution in [0.15, 0.2) is 0 Å². The summed E-state index contributed by atoms with van der Waals surface area (Å²) in [7, 11) is 0. The SMILES string of the molecule is CCOC(OCC)(C(Cl)(Cl)Cl)C(Cl)(Cl)Cl. The average molecular weight is 339 g/mol. The van der Waals surface area contributed by atoms with Gasteiger partial charge in [-0.15, -0.1) is 0 Å². The molecule has 8 heteroatoms. The molecule has 2 nitrogen and oxygen atoms in total. The third kappa shape index (κ3) is 3.82. The molecule has 0 saturated carbocycles. The van der Waals surface area contributed by atoms with Crippen LogP contribution in [0.25, 0.3) is 0 Å². The number of ether oxygens (including phenoxy) is 2. The fraction of sp³-hybridized carbons (Fsp3) is 1.00. The Morgan fingerprint density at radius 1 is 0.733 bits per heavy atom. The first-order valence-corrected chi connectivity index (χ1v) is 6.30. The second kappa shape index (κ2) is 6.01. The lowest BCUT2D eigenvalue weighted by Crippen LogP contribution is -2.58. The van der Waals surface area contributed by atoms with E-state index >= 15 is 0 Å². The summed E-state index contributed by atoms with van der Waals surface area (Å²) in [6.07, 6.45) is 0. The highest BCUT2D eigenvalue weighted by molar-refractivity contribution is 6.73. The van der Waals surface area contributed by atoms with Gasteiger partial charge in [-0.3, -0.25) is 0 Å². The number of halogens is 6.